The van der Waals surface area contributed by atoms with Crippen LogP contribution in [0, 0.1) is 0 Å². The molecule has 0 unspecified atom stereocenters. The number of hydrogen-bond donors (Lipinski definition) is 2. The second-order valence-corrected chi connectivity index (χ2v) is 9.22. The van der Waals surface area contributed by atoms with Crippen LogP contribution in [0.2, 0.25) is 10.0 Å². The first-order chi connectivity index (χ1) is 16.4. The second-order valence-electron chi connectivity index (χ2n) is 7.53. The van der Waals surface area contributed by atoms with E-state index >= 15 is 0 Å². The number of benzene rings is 3. The molecule has 1 aliphatic rings. The van der Waals surface area contributed by atoms with Crippen molar-refractivity contribution < 1.29 is 9.90 Å². The number of nitrogens with one attached hydrogen (secondary N) is 1. The summed E-state index contributed by atoms with van der Waals surface area (Å²) in [6.45, 7) is 0.363. The van der Waals surface area contributed by atoms with E-state index in [0.29, 0.717) is 33.9 Å². The molecule has 2 heterocycles. The maximum atomic E-state index is 11.1. The van der Waals surface area contributed by atoms with Gasteiger partial charge >= 0.3 is 5.97 Å². The third-order valence-electron chi connectivity index (χ3n) is 5.35. The molecule has 0 amide bonds. The van der Waals surface area contributed by atoms with Gasteiger partial charge in [-0.3, -0.25) is 4.99 Å². The van der Waals surface area contributed by atoms with Gasteiger partial charge in [0.15, 0.2) is 0 Å². The molecule has 4 aromatic rings. The van der Waals surface area contributed by atoms with Crippen LogP contribution in [0.15, 0.2) is 76.3 Å². The lowest BCUT2D eigenvalue weighted by Gasteiger charge is -2.14. The van der Waals surface area contributed by atoms with Crippen LogP contribution in [-0.2, 0) is 6.54 Å². The lowest BCUT2D eigenvalue weighted by molar-refractivity contribution is 0.0697. The highest BCUT2D eigenvalue weighted by Gasteiger charge is 2.24. The lowest BCUT2D eigenvalue weighted by Crippen LogP contribution is -2.07. The number of nitrogens with zero attached hydrogens (tertiary/aromatic N) is 3. The van der Waals surface area contributed by atoms with Crippen LogP contribution in [0.3, 0.4) is 0 Å². The van der Waals surface area contributed by atoms with E-state index in [0.717, 1.165) is 32.4 Å². The molecule has 1 aliphatic heterocycles. The summed E-state index contributed by atoms with van der Waals surface area (Å²) in [6, 6.07) is 17.6. The number of anilines is 2. The fraction of sp³-hybridized carbons (Fsp3) is 0.0769. The predicted molar refractivity (Wildman–Crippen MR) is 144 cm³/mol. The first-order valence-electron chi connectivity index (χ1n) is 10.2. The zero-order valence-corrected chi connectivity index (χ0v) is 20.5. The number of fused-ring (bicyclic) bond motifs is 3. The first-order valence-corrected chi connectivity index (χ1v) is 11.7. The van der Waals surface area contributed by atoms with Gasteiger partial charge in [-0.05, 0) is 48.5 Å². The molecule has 0 spiro atoms. The third-order valence-corrected chi connectivity index (χ3v) is 6.56. The number of halogens is 3. The van der Waals surface area contributed by atoms with E-state index in [4.69, 9.17) is 38.3 Å². The van der Waals surface area contributed by atoms with Crippen LogP contribution in [0.4, 0.5) is 11.6 Å². The Bertz CT molecular complexity index is 1450. The molecule has 2 N–H and O–H groups in total. The maximum absolute atomic E-state index is 11.1. The minimum atomic E-state index is -0.982. The zero-order valence-electron chi connectivity index (χ0n) is 17.4. The molecule has 176 valence electrons. The number of aromatic carboxylic acids is 1. The summed E-state index contributed by atoms with van der Waals surface area (Å²) in [5.41, 5.74) is 5.63. The molecule has 9 heteroatoms. The van der Waals surface area contributed by atoms with Crippen LogP contribution < -0.4 is 5.32 Å². The summed E-state index contributed by atoms with van der Waals surface area (Å²) in [5, 5.41) is 13.4. The molecule has 1 aromatic heterocycles. The number of carboxylic acids is 1. The van der Waals surface area contributed by atoms with Gasteiger partial charge in [0, 0.05) is 43.6 Å². The molecule has 0 aliphatic carbocycles. The first kappa shape index (κ1) is 24.9. The number of carbonyl (C=O) groups is 1. The Labute approximate surface area is 220 Å². The van der Waals surface area contributed by atoms with E-state index < -0.39 is 5.97 Å². The molecule has 0 saturated carbocycles. The molecule has 35 heavy (non-hydrogen) atoms. The number of hydrogen-bond acceptors (Lipinski definition) is 5. The van der Waals surface area contributed by atoms with E-state index in [-0.39, 0.29) is 13.0 Å². The van der Waals surface area contributed by atoms with E-state index in [9.17, 15) is 4.79 Å². The average Bonchev–Trinajstić information content (AvgIpc) is 2.96. The van der Waals surface area contributed by atoms with Gasteiger partial charge in [0.25, 0.3) is 0 Å². The minimum Gasteiger partial charge on any atom is -0.478 e. The van der Waals surface area contributed by atoms with Crippen molar-refractivity contribution in [3.63, 3.8) is 0 Å². The van der Waals surface area contributed by atoms with Crippen molar-refractivity contribution in [2.24, 2.45) is 4.99 Å². The van der Waals surface area contributed by atoms with E-state index in [1.807, 2.05) is 36.4 Å². The van der Waals surface area contributed by atoms with Crippen molar-refractivity contribution in [1.29, 1.82) is 0 Å². The summed E-state index contributed by atoms with van der Waals surface area (Å²) in [7, 11) is 0. The zero-order chi connectivity index (χ0) is 23.8. The highest BCUT2D eigenvalue weighted by molar-refractivity contribution is 9.10. The van der Waals surface area contributed by atoms with Crippen molar-refractivity contribution in [1.82, 2.24) is 9.97 Å². The van der Waals surface area contributed by atoms with Crippen LogP contribution in [0.25, 0.3) is 11.3 Å². The fourth-order valence-corrected chi connectivity index (χ4v) is 4.85. The largest absolute Gasteiger partial charge is 0.478 e. The number of aliphatic imine (C=N–C) groups is 1. The summed E-state index contributed by atoms with van der Waals surface area (Å²) in [4.78, 5) is 25.2. The van der Waals surface area contributed by atoms with Gasteiger partial charge in [-0.25, -0.2) is 14.8 Å². The van der Waals surface area contributed by atoms with E-state index in [1.165, 1.54) is 12.1 Å². The highest BCUT2D eigenvalue weighted by atomic mass is 79.9. The Morgan fingerprint density at radius 2 is 1.80 bits per heavy atom. The van der Waals surface area contributed by atoms with Crippen LogP contribution in [-0.4, -0.2) is 26.8 Å². The van der Waals surface area contributed by atoms with Gasteiger partial charge in [-0.15, -0.1) is 0 Å². The average molecular weight is 570 g/mol. The van der Waals surface area contributed by atoms with Crippen LogP contribution in [0.5, 0.6) is 0 Å². The van der Waals surface area contributed by atoms with Crippen molar-refractivity contribution in [3.05, 3.63) is 104 Å². The Morgan fingerprint density at radius 3 is 2.51 bits per heavy atom. The van der Waals surface area contributed by atoms with Gasteiger partial charge in [0.05, 0.1) is 28.5 Å². The van der Waals surface area contributed by atoms with Gasteiger partial charge < -0.3 is 10.4 Å². The van der Waals surface area contributed by atoms with Crippen molar-refractivity contribution >= 4 is 62.4 Å². The molecule has 3 aromatic carbocycles. The van der Waals surface area contributed by atoms with Gasteiger partial charge in [-0.2, -0.15) is 0 Å². The molecule has 0 bridgehead atoms. The molecular formula is C26H19BrCl2N4O2. The Hall–Kier alpha value is -3.26. The molecule has 0 fully saturated rings. The Balaban J connectivity index is 0.00000289. The molecule has 6 nitrogen and oxygen atoms in total. The summed E-state index contributed by atoms with van der Waals surface area (Å²) >= 11 is 16.5. The fourth-order valence-electron chi connectivity index (χ4n) is 3.75. The molecular weight excluding hydrogens is 551 g/mol. The predicted octanol–water partition coefficient (Wildman–Crippen LogP) is 7.64. The number of rotatable bonds is 4. The molecule has 0 saturated heterocycles. The van der Waals surface area contributed by atoms with Crippen molar-refractivity contribution in [2.75, 3.05) is 5.32 Å². The molecule has 0 atom stereocenters. The smallest absolute Gasteiger partial charge is 0.335 e. The minimum absolute atomic E-state index is 0. The van der Waals surface area contributed by atoms with Gasteiger partial charge in [-0.1, -0.05) is 58.7 Å². The quantitative estimate of drug-likeness (QED) is 0.263. The van der Waals surface area contributed by atoms with Crippen molar-refractivity contribution in [2.45, 2.75) is 14.0 Å². The summed E-state index contributed by atoms with van der Waals surface area (Å²) in [6.07, 6.45) is 1.74. The van der Waals surface area contributed by atoms with E-state index in [2.05, 4.69) is 26.2 Å². The maximum Gasteiger partial charge on any atom is 0.335 e. The lowest BCUT2D eigenvalue weighted by atomic mass is 9.95. The Morgan fingerprint density at radius 1 is 1.03 bits per heavy atom. The second kappa shape index (κ2) is 10.2. The third kappa shape index (κ3) is 4.93. The topological polar surface area (TPSA) is 87.5 Å². The summed E-state index contributed by atoms with van der Waals surface area (Å²) < 4.78 is 0.828. The van der Waals surface area contributed by atoms with Crippen LogP contribution >= 0.6 is 39.1 Å². The highest BCUT2D eigenvalue weighted by Crippen LogP contribution is 2.37. The SMILES string of the molecule is C.O=C(O)c1ccc(Nc2ncc3c(n2)-c2ccc(Cl)cc2C(c2c(Cl)cccc2Br)=NC3)cc1. The normalized spacial score (nSPS) is 11.9. The van der Waals surface area contributed by atoms with Gasteiger partial charge in [0.2, 0.25) is 5.95 Å². The van der Waals surface area contributed by atoms with Crippen LogP contribution in [0.1, 0.15) is 34.5 Å². The number of aromatic nitrogens is 2. The summed E-state index contributed by atoms with van der Waals surface area (Å²) in [5.74, 6) is -0.603. The monoisotopic (exact) mass is 568 g/mol. The molecule has 0 radical (unpaired) electrons. The molecule has 5 rings (SSSR count). The van der Waals surface area contributed by atoms with Gasteiger partial charge in [0.1, 0.15) is 0 Å². The van der Waals surface area contributed by atoms with Crippen molar-refractivity contribution in [3.8, 4) is 11.3 Å². The standard InChI is InChI=1S/C25H15BrCl2N4O2.CH4/c26-19-2-1-3-20(28)21(19)23-18-10-15(27)6-9-17(18)22-14(11-29-23)12-30-25(32-22)31-16-7-4-13(5-8-16)24(33)34;/h1-10,12H,11H2,(H,33,34)(H,30,31,32);1H4. The Kier molecular flexibility index (Phi) is 7.21. The van der Waals surface area contributed by atoms with E-state index in [1.54, 1.807) is 18.3 Å². The number of carboxylic acid groups (broad SMARTS) is 1.